The number of hydrogen-bond donors (Lipinski definition) is 1. The number of fused-ring (bicyclic) bond motifs is 2. The standard InChI is InChI=1S/C29H35NO3S.Na/c1-29(2)22-18-21(10-6-3-4-9-13-26(31)32)27(25(29)19-22)30-28(33)20-14-16-24(17-15-20)34-23-11-7-5-8-12-23;/h3,5-8,11-12,14-17,21-22,25,27H,4,9-10,13,18-19H2,1-2H3,(H,30,33)(H,31,32);/q;+1/p-1/b6-3-;/t21-,22-,25-,27+;/m0./s1. The third-order valence-corrected chi connectivity index (χ3v) is 8.84. The second-order valence-corrected chi connectivity index (χ2v) is 11.4. The maximum atomic E-state index is 13.2. The van der Waals surface area contributed by atoms with Crippen molar-refractivity contribution in [1.82, 2.24) is 5.32 Å². The smallest absolute Gasteiger partial charge is 0.550 e. The maximum absolute atomic E-state index is 13.2. The van der Waals surface area contributed by atoms with Crippen molar-refractivity contribution in [3.8, 4) is 0 Å². The predicted molar refractivity (Wildman–Crippen MR) is 134 cm³/mol. The van der Waals surface area contributed by atoms with Crippen molar-refractivity contribution in [3.05, 3.63) is 72.3 Å². The maximum Gasteiger partial charge on any atom is 1.00 e. The Balaban J connectivity index is 0.00000342. The van der Waals surface area contributed by atoms with Gasteiger partial charge in [0.2, 0.25) is 0 Å². The molecule has 1 amide bonds. The zero-order valence-electron chi connectivity index (χ0n) is 21.0. The third kappa shape index (κ3) is 7.03. The largest absolute Gasteiger partial charge is 1.00 e. The molecule has 6 heteroatoms. The normalized spacial score (nSPS) is 24.3. The first kappa shape index (κ1) is 28.0. The quantitative estimate of drug-likeness (QED) is 0.310. The molecule has 0 spiro atoms. The number of rotatable bonds is 10. The minimum atomic E-state index is -0.988. The first-order valence-electron chi connectivity index (χ1n) is 12.3. The Hall–Kier alpha value is -1.53. The summed E-state index contributed by atoms with van der Waals surface area (Å²) in [6.45, 7) is 4.68. The zero-order valence-corrected chi connectivity index (χ0v) is 23.9. The van der Waals surface area contributed by atoms with Crippen LogP contribution in [-0.4, -0.2) is 17.9 Å². The first-order valence-corrected chi connectivity index (χ1v) is 13.1. The number of amides is 1. The van der Waals surface area contributed by atoms with E-state index >= 15 is 0 Å². The summed E-state index contributed by atoms with van der Waals surface area (Å²) in [5.41, 5.74) is 0.969. The van der Waals surface area contributed by atoms with Gasteiger partial charge in [0, 0.05) is 27.4 Å². The zero-order chi connectivity index (χ0) is 24.1. The van der Waals surface area contributed by atoms with Crippen molar-refractivity contribution in [2.24, 2.45) is 23.2 Å². The van der Waals surface area contributed by atoms with Gasteiger partial charge in [0.25, 0.3) is 5.91 Å². The van der Waals surface area contributed by atoms with Gasteiger partial charge < -0.3 is 15.2 Å². The summed E-state index contributed by atoms with van der Waals surface area (Å²) >= 11 is 1.69. The number of hydrogen-bond acceptors (Lipinski definition) is 4. The van der Waals surface area contributed by atoms with Gasteiger partial charge in [-0.1, -0.05) is 56.0 Å². The van der Waals surface area contributed by atoms with Gasteiger partial charge in [-0.2, -0.15) is 0 Å². The van der Waals surface area contributed by atoms with E-state index in [1.54, 1.807) is 11.8 Å². The third-order valence-electron chi connectivity index (χ3n) is 7.83. The number of unbranched alkanes of at least 4 members (excludes halogenated alkanes) is 1. The molecule has 35 heavy (non-hydrogen) atoms. The van der Waals surface area contributed by atoms with E-state index < -0.39 is 5.97 Å². The van der Waals surface area contributed by atoms with E-state index in [4.69, 9.17) is 0 Å². The molecule has 0 aliphatic heterocycles. The van der Waals surface area contributed by atoms with Crippen LogP contribution in [0, 0.1) is 23.2 Å². The Morgan fingerprint density at radius 2 is 1.71 bits per heavy atom. The van der Waals surface area contributed by atoms with Crippen LogP contribution in [0.1, 0.15) is 62.7 Å². The van der Waals surface area contributed by atoms with Gasteiger partial charge in [0.15, 0.2) is 0 Å². The monoisotopic (exact) mass is 499 g/mol. The molecule has 5 rings (SSSR count). The number of benzene rings is 2. The molecular weight excluding hydrogens is 465 g/mol. The van der Waals surface area contributed by atoms with Crippen LogP contribution in [0.4, 0.5) is 0 Å². The van der Waals surface area contributed by atoms with Crippen LogP contribution in [0.5, 0.6) is 0 Å². The predicted octanol–water partition coefficient (Wildman–Crippen LogP) is 2.49. The molecule has 3 aliphatic rings. The summed E-state index contributed by atoms with van der Waals surface area (Å²) in [5.74, 6) is 0.657. The molecule has 3 saturated carbocycles. The Bertz CT molecular complexity index is 1020. The van der Waals surface area contributed by atoms with E-state index in [1.165, 1.54) is 11.3 Å². The van der Waals surface area contributed by atoms with Gasteiger partial charge in [0.1, 0.15) is 0 Å². The van der Waals surface area contributed by atoms with Crippen LogP contribution in [0.25, 0.3) is 0 Å². The second-order valence-electron chi connectivity index (χ2n) is 10.3. The number of carboxylic acid groups (broad SMARTS) is 1. The molecule has 180 valence electrons. The first-order chi connectivity index (χ1) is 16.3. The molecule has 4 atom stereocenters. The molecule has 3 aliphatic carbocycles. The summed E-state index contributed by atoms with van der Waals surface area (Å²) in [4.78, 5) is 26.0. The molecule has 0 radical (unpaired) electrons. The molecule has 3 fully saturated rings. The van der Waals surface area contributed by atoms with E-state index in [0.717, 1.165) is 30.1 Å². The van der Waals surface area contributed by atoms with Crippen LogP contribution >= 0.6 is 11.8 Å². The van der Waals surface area contributed by atoms with Crippen LogP contribution in [0.2, 0.25) is 0 Å². The fourth-order valence-corrected chi connectivity index (χ4v) is 6.49. The van der Waals surface area contributed by atoms with E-state index in [-0.39, 0.29) is 53.3 Å². The molecular formula is C29H34NNaO3S. The van der Waals surface area contributed by atoms with E-state index in [9.17, 15) is 14.7 Å². The minimum absolute atomic E-state index is 0. The molecule has 1 N–H and O–H groups in total. The fourth-order valence-electron chi connectivity index (χ4n) is 5.65. The van der Waals surface area contributed by atoms with Crippen molar-refractivity contribution >= 4 is 23.6 Å². The Kier molecular flexibility index (Phi) is 10.1. The molecule has 0 saturated heterocycles. The van der Waals surface area contributed by atoms with Crippen molar-refractivity contribution in [3.63, 3.8) is 0 Å². The summed E-state index contributed by atoms with van der Waals surface area (Å²) < 4.78 is 0. The van der Waals surface area contributed by atoms with Gasteiger partial charge >= 0.3 is 29.6 Å². The Morgan fingerprint density at radius 1 is 1.03 bits per heavy atom. The van der Waals surface area contributed by atoms with E-state index in [1.807, 2.05) is 42.5 Å². The van der Waals surface area contributed by atoms with Crippen LogP contribution in [0.15, 0.2) is 76.5 Å². The average molecular weight is 500 g/mol. The topological polar surface area (TPSA) is 69.2 Å². The van der Waals surface area contributed by atoms with Gasteiger partial charge in [-0.25, -0.2) is 0 Å². The second kappa shape index (κ2) is 12.6. The van der Waals surface area contributed by atoms with Crippen LogP contribution in [0.3, 0.4) is 0 Å². The van der Waals surface area contributed by atoms with E-state index in [2.05, 4.69) is 43.4 Å². The summed E-state index contributed by atoms with van der Waals surface area (Å²) in [5, 5.41) is 14.0. The SMILES string of the molecule is CC1(C)[C@H]2C[C@H](C/C=C\CCCC(=O)[O-])[C@@H](NC(=O)c3ccc(Sc4ccccc4)cc3)[C@@H]1C2.[Na+]. The van der Waals surface area contributed by atoms with Crippen LogP contribution < -0.4 is 40.0 Å². The number of carboxylic acids is 1. The van der Waals surface area contributed by atoms with Crippen LogP contribution in [-0.2, 0) is 4.79 Å². The molecule has 0 aromatic heterocycles. The molecule has 4 nitrogen and oxygen atoms in total. The Labute approximate surface area is 235 Å². The van der Waals surface area contributed by atoms with E-state index in [0.29, 0.717) is 23.8 Å². The van der Waals surface area contributed by atoms with Crippen molar-refractivity contribution < 1.29 is 44.3 Å². The average Bonchev–Trinajstić information content (AvgIpc) is 2.82. The molecule has 2 bridgehead atoms. The van der Waals surface area contributed by atoms with Gasteiger partial charge in [-0.05, 0) is 98.1 Å². The van der Waals surface area contributed by atoms with Crippen molar-refractivity contribution in [2.75, 3.05) is 0 Å². The molecule has 0 unspecified atom stereocenters. The number of carbonyl (C=O) groups is 2. The molecule has 2 aromatic carbocycles. The summed E-state index contributed by atoms with van der Waals surface area (Å²) in [7, 11) is 0. The van der Waals surface area contributed by atoms with Crippen molar-refractivity contribution in [2.45, 2.75) is 68.2 Å². The summed E-state index contributed by atoms with van der Waals surface area (Å²) in [6, 6.07) is 18.3. The van der Waals surface area contributed by atoms with Gasteiger partial charge in [-0.3, -0.25) is 4.79 Å². The Morgan fingerprint density at radius 3 is 2.37 bits per heavy atom. The molecule has 0 heterocycles. The number of aliphatic carboxylic acids is 1. The number of allylic oxidation sites excluding steroid dienone is 2. The summed E-state index contributed by atoms with van der Waals surface area (Å²) in [6.07, 6.45) is 8.97. The fraction of sp³-hybridized carbons (Fsp3) is 0.448. The number of nitrogens with one attached hydrogen (secondary N) is 1. The van der Waals surface area contributed by atoms with Gasteiger partial charge in [0.05, 0.1) is 0 Å². The van der Waals surface area contributed by atoms with Gasteiger partial charge in [-0.15, -0.1) is 0 Å². The van der Waals surface area contributed by atoms with Crippen molar-refractivity contribution in [1.29, 1.82) is 0 Å². The number of carbonyl (C=O) groups excluding carboxylic acids is 2. The minimum Gasteiger partial charge on any atom is -0.550 e. The molecule has 2 aromatic rings.